The highest BCUT2D eigenvalue weighted by atomic mass is 16.3. The summed E-state index contributed by atoms with van der Waals surface area (Å²) in [7, 11) is 1.99. The van der Waals surface area contributed by atoms with Crippen LogP contribution in [-0.2, 0) is 6.61 Å². The van der Waals surface area contributed by atoms with Gasteiger partial charge in [0.1, 0.15) is 5.82 Å². The number of rotatable bonds is 7. The van der Waals surface area contributed by atoms with E-state index in [-0.39, 0.29) is 13.2 Å². The summed E-state index contributed by atoms with van der Waals surface area (Å²) >= 11 is 0. The molecule has 1 aromatic heterocycles. The molecule has 0 radical (unpaired) electrons. The van der Waals surface area contributed by atoms with Gasteiger partial charge in [0.2, 0.25) is 0 Å². The number of hydrogen-bond donors (Lipinski definition) is 2. The Balaban J connectivity index is 2.42. The van der Waals surface area contributed by atoms with Crippen LogP contribution in [0.3, 0.4) is 0 Å². The summed E-state index contributed by atoms with van der Waals surface area (Å²) in [6, 6.07) is 5.65. The Morgan fingerprint density at radius 1 is 1.19 bits per heavy atom. The molecular formula is C12H20N2O2. The number of pyridine rings is 1. The van der Waals surface area contributed by atoms with Crippen LogP contribution in [0.1, 0.15) is 25.0 Å². The highest BCUT2D eigenvalue weighted by Crippen LogP contribution is 2.10. The van der Waals surface area contributed by atoms with E-state index in [0.717, 1.165) is 31.6 Å². The van der Waals surface area contributed by atoms with Gasteiger partial charge in [0, 0.05) is 20.2 Å². The average Bonchev–Trinajstić information content (AvgIpc) is 2.34. The molecule has 0 atom stereocenters. The van der Waals surface area contributed by atoms with Crippen molar-refractivity contribution in [2.75, 3.05) is 25.1 Å². The third-order valence-electron chi connectivity index (χ3n) is 2.50. The van der Waals surface area contributed by atoms with Crippen molar-refractivity contribution in [3.05, 3.63) is 23.9 Å². The predicted molar refractivity (Wildman–Crippen MR) is 64.4 cm³/mol. The minimum atomic E-state index is -0.0216. The Morgan fingerprint density at radius 2 is 2.00 bits per heavy atom. The van der Waals surface area contributed by atoms with E-state index >= 15 is 0 Å². The van der Waals surface area contributed by atoms with Gasteiger partial charge in [0.15, 0.2) is 0 Å². The molecule has 0 unspecified atom stereocenters. The average molecular weight is 224 g/mol. The van der Waals surface area contributed by atoms with Crippen LogP contribution in [0.25, 0.3) is 0 Å². The van der Waals surface area contributed by atoms with Crippen LogP contribution in [0.5, 0.6) is 0 Å². The highest BCUT2D eigenvalue weighted by molar-refractivity contribution is 5.37. The summed E-state index contributed by atoms with van der Waals surface area (Å²) in [4.78, 5) is 6.38. The molecule has 0 fully saturated rings. The van der Waals surface area contributed by atoms with Gasteiger partial charge in [0.25, 0.3) is 0 Å². The van der Waals surface area contributed by atoms with Crippen LogP contribution < -0.4 is 4.90 Å². The van der Waals surface area contributed by atoms with Crippen LogP contribution in [0.4, 0.5) is 5.82 Å². The van der Waals surface area contributed by atoms with Crippen LogP contribution in [0.2, 0.25) is 0 Å². The zero-order valence-corrected chi connectivity index (χ0v) is 9.76. The van der Waals surface area contributed by atoms with E-state index in [1.165, 1.54) is 0 Å². The van der Waals surface area contributed by atoms with Crippen molar-refractivity contribution in [3.8, 4) is 0 Å². The van der Waals surface area contributed by atoms with E-state index in [9.17, 15) is 0 Å². The van der Waals surface area contributed by atoms with Crippen LogP contribution in [-0.4, -0.2) is 35.4 Å². The molecule has 0 amide bonds. The predicted octanol–water partition coefficient (Wildman–Crippen LogP) is 1.17. The Bertz CT molecular complexity index is 305. The maximum atomic E-state index is 8.98. The summed E-state index contributed by atoms with van der Waals surface area (Å²) in [5.74, 6) is 0.885. The topological polar surface area (TPSA) is 56.6 Å². The number of aliphatic hydroxyl groups is 2. The normalized spacial score (nSPS) is 10.4. The van der Waals surface area contributed by atoms with Crippen molar-refractivity contribution in [1.29, 1.82) is 0 Å². The smallest absolute Gasteiger partial charge is 0.128 e. The highest BCUT2D eigenvalue weighted by Gasteiger charge is 2.02. The van der Waals surface area contributed by atoms with Gasteiger partial charge in [-0.1, -0.05) is 6.07 Å². The van der Waals surface area contributed by atoms with Crippen LogP contribution in [0, 0.1) is 0 Å². The van der Waals surface area contributed by atoms with Gasteiger partial charge in [-0.15, -0.1) is 0 Å². The van der Waals surface area contributed by atoms with Crippen molar-refractivity contribution < 1.29 is 10.2 Å². The molecule has 1 aromatic rings. The standard InChI is InChI=1S/C12H20N2O2/c1-14(8-3-2-4-9-15)12-7-5-6-11(10-16)13-12/h5-7,15-16H,2-4,8-10H2,1H3. The summed E-state index contributed by atoms with van der Waals surface area (Å²) in [5, 5.41) is 17.6. The lowest BCUT2D eigenvalue weighted by atomic mass is 10.2. The first-order chi connectivity index (χ1) is 7.77. The molecule has 0 spiro atoms. The second-order valence-corrected chi connectivity index (χ2v) is 3.85. The molecule has 0 aromatic carbocycles. The van der Waals surface area contributed by atoms with Gasteiger partial charge in [-0.25, -0.2) is 4.98 Å². The molecule has 4 nitrogen and oxygen atoms in total. The molecule has 0 aliphatic carbocycles. The maximum Gasteiger partial charge on any atom is 0.128 e. The Kier molecular flexibility index (Phi) is 5.82. The number of unbranched alkanes of at least 4 members (excludes halogenated alkanes) is 2. The summed E-state index contributed by atoms with van der Waals surface area (Å²) in [6.07, 6.45) is 2.93. The van der Waals surface area contributed by atoms with Crippen LogP contribution >= 0.6 is 0 Å². The molecule has 0 aliphatic heterocycles. The Morgan fingerprint density at radius 3 is 2.69 bits per heavy atom. The fourth-order valence-corrected chi connectivity index (χ4v) is 1.52. The number of nitrogens with zero attached hydrogens (tertiary/aromatic N) is 2. The maximum absolute atomic E-state index is 8.98. The molecule has 2 N–H and O–H groups in total. The molecule has 0 saturated carbocycles. The number of hydrogen-bond acceptors (Lipinski definition) is 4. The van der Waals surface area contributed by atoms with Crippen LogP contribution in [0.15, 0.2) is 18.2 Å². The lowest BCUT2D eigenvalue weighted by Crippen LogP contribution is -2.20. The van der Waals surface area contributed by atoms with Crippen molar-refractivity contribution in [1.82, 2.24) is 4.98 Å². The van der Waals surface area contributed by atoms with Crippen molar-refractivity contribution in [2.45, 2.75) is 25.9 Å². The number of aromatic nitrogens is 1. The monoisotopic (exact) mass is 224 g/mol. The molecule has 0 bridgehead atoms. The van der Waals surface area contributed by atoms with Gasteiger partial charge in [0.05, 0.1) is 12.3 Å². The van der Waals surface area contributed by atoms with Crippen molar-refractivity contribution in [2.24, 2.45) is 0 Å². The zero-order chi connectivity index (χ0) is 11.8. The quantitative estimate of drug-likeness (QED) is 0.683. The molecule has 1 heterocycles. The second kappa shape index (κ2) is 7.19. The lowest BCUT2D eigenvalue weighted by Gasteiger charge is -2.18. The third kappa shape index (κ3) is 4.16. The first kappa shape index (κ1) is 12.9. The SMILES string of the molecule is CN(CCCCCO)c1cccc(CO)n1. The van der Waals surface area contributed by atoms with Crippen molar-refractivity contribution >= 4 is 5.82 Å². The van der Waals surface area contributed by atoms with E-state index in [1.807, 2.05) is 25.2 Å². The summed E-state index contributed by atoms with van der Waals surface area (Å²) < 4.78 is 0. The molecule has 1 rings (SSSR count). The lowest BCUT2D eigenvalue weighted by molar-refractivity contribution is 0.277. The molecular weight excluding hydrogens is 204 g/mol. The second-order valence-electron chi connectivity index (χ2n) is 3.85. The van der Waals surface area contributed by atoms with E-state index in [1.54, 1.807) is 0 Å². The number of anilines is 1. The largest absolute Gasteiger partial charge is 0.396 e. The van der Waals surface area contributed by atoms with E-state index in [0.29, 0.717) is 5.69 Å². The minimum absolute atomic E-state index is 0.0216. The number of aliphatic hydroxyl groups excluding tert-OH is 2. The molecule has 90 valence electrons. The molecule has 4 heteroatoms. The van der Waals surface area contributed by atoms with E-state index in [4.69, 9.17) is 10.2 Å². The minimum Gasteiger partial charge on any atom is -0.396 e. The van der Waals surface area contributed by atoms with Gasteiger partial charge in [-0.2, -0.15) is 0 Å². The fraction of sp³-hybridized carbons (Fsp3) is 0.583. The molecule has 0 saturated heterocycles. The van der Waals surface area contributed by atoms with E-state index < -0.39 is 0 Å². The first-order valence-electron chi connectivity index (χ1n) is 5.66. The van der Waals surface area contributed by atoms with Gasteiger partial charge >= 0.3 is 0 Å². The third-order valence-corrected chi connectivity index (χ3v) is 2.50. The molecule has 0 aliphatic rings. The fourth-order valence-electron chi connectivity index (χ4n) is 1.52. The molecule has 16 heavy (non-hydrogen) atoms. The van der Waals surface area contributed by atoms with Gasteiger partial charge in [-0.3, -0.25) is 0 Å². The van der Waals surface area contributed by atoms with Gasteiger partial charge in [-0.05, 0) is 31.4 Å². The summed E-state index contributed by atoms with van der Waals surface area (Å²) in [5.41, 5.74) is 0.694. The Labute approximate surface area is 96.6 Å². The zero-order valence-electron chi connectivity index (χ0n) is 9.76. The van der Waals surface area contributed by atoms with E-state index in [2.05, 4.69) is 9.88 Å². The van der Waals surface area contributed by atoms with Gasteiger partial charge < -0.3 is 15.1 Å². The summed E-state index contributed by atoms with van der Waals surface area (Å²) in [6.45, 7) is 1.16. The van der Waals surface area contributed by atoms with Crippen molar-refractivity contribution in [3.63, 3.8) is 0 Å². The Hall–Kier alpha value is -1.13. The first-order valence-corrected chi connectivity index (χ1v) is 5.66.